The molecule has 3 aromatic carbocycles. The fourth-order valence-electron chi connectivity index (χ4n) is 4.21. The second-order valence-corrected chi connectivity index (χ2v) is 9.66. The van der Waals surface area contributed by atoms with Crippen LogP contribution in [0.5, 0.6) is 11.5 Å². The van der Waals surface area contributed by atoms with E-state index in [1.807, 2.05) is 32.9 Å². The van der Waals surface area contributed by atoms with Crippen molar-refractivity contribution < 1.29 is 32.9 Å². The minimum Gasteiger partial charge on any atom is -0.497 e. The highest BCUT2D eigenvalue weighted by Crippen LogP contribution is 2.42. The van der Waals surface area contributed by atoms with Crippen molar-refractivity contribution in [3.8, 4) is 22.6 Å². The Morgan fingerprint density at radius 3 is 2.39 bits per heavy atom. The van der Waals surface area contributed by atoms with Gasteiger partial charge in [0.15, 0.2) is 11.6 Å². The summed E-state index contributed by atoms with van der Waals surface area (Å²) in [5.41, 5.74) is 2.56. The van der Waals surface area contributed by atoms with Crippen molar-refractivity contribution in [1.82, 2.24) is 0 Å². The van der Waals surface area contributed by atoms with Crippen molar-refractivity contribution in [2.75, 3.05) is 14.2 Å². The smallest absolute Gasteiger partial charge is 0.303 e. The molecule has 0 heterocycles. The van der Waals surface area contributed by atoms with Crippen molar-refractivity contribution in [2.24, 2.45) is 5.41 Å². The van der Waals surface area contributed by atoms with Gasteiger partial charge in [-0.2, -0.15) is 0 Å². The predicted octanol–water partition coefficient (Wildman–Crippen LogP) is 6.97. The van der Waals surface area contributed by atoms with Gasteiger partial charge < -0.3 is 19.3 Å². The Hall–Kier alpha value is -3.45. The van der Waals surface area contributed by atoms with Gasteiger partial charge in [-0.05, 0) is 64.4 Å². The molecule has 1 unspecified atom stereocenters. The van der Waals surface area contributed by atoms with Crippen LogP contribution in [0.4, 0.5) is 8.78 Å². The number of aryl methyl sites for hydroxylation is 1. The Bertz CT molecular complexity index is 1220. The highest BCUT2D eigenvalue weighted by molar-refractivity contribution is 5.70. The highest BCUT2D eigenvalue weighted by Gasteiger charge is 2.29. The molecule has 0 saturated carbocycles. The predicted molar refractivity (Wildman–Crippen MR) is 134 cm³/mol. The number of carbonyl (C=O) groups is 1. The molecule has 7 heteroatoms. The molecule has 0 saturated heterocycles. The highest BCUT2D eigenvalue weighted by atomic mass is 19.1. The largest absolute Gasteiger partial charge is 0.497 e. The van der Waals surface area contributed by atoms with Gasteiger partial charge in [-0.1, -0.05) is 45.0 Å². The van der Waals surface area contributed by atoms with E-state index < -0.39 is 11.8 Å². The molecular weight excluding hydrogens is 466 g/mol. The van der Waals surface area contributed by atoms with E-state index in [0.717, 1.165) is 11.1 Å². The first-order valence-electron chi connectivity index (χ1n) is 11.7. The van der Waals surface area contributed by atoms with Crippen molar-refractivity contribution in [2.45, 2.75) is 46.3 Å². The zero-order chi connectivity index (χ0) is 26.5. The fourth-order valence-corrected chi connectivity index (χ4v) is 4.21. The quantitative estimate of drug-likeness (QED) is 0.327. The maximum absolute atomic E-state index is 14.9. The van der Waals surface area contributed by atoms with Crippen LogP contribution in [0.1, 0.15) is 50.0 Å². The second-order valence-electron chi connectivity index (χ2n) is 9.66. The van der Waals surface area contributed by atoms with Gasteiger partial charge in [0, 0.05) is 19.1 Å². The molecule has 1 N–H and O–H groups in total. The van der Waals surface area contributed by atoms with E-state index in [9.17, 15) is 13.6 Å². The third kappa shape index (κ3) is 6.40. The van der Waals surface area contributed by atoms with Crippen molar-refractivity contribution in [3.63, 3.8) is 0 Å². The molecule has 0 aromatic heterocycles. The van der Waals surface area contributed by atoms with Crippen LogP contribution < -0.4 is 9.47 Å². The number of hydrogen-bond donors (Lipinski definition) is 1. The normalized spacial score (nSPS) is 12.3. The van der Waals surface area contributed by atoms with Crippen molar-refractivity contribution >= 4 is 5.97 Å². The number of benzene rings is 3. The molecule has 0 aliphatic rings. The second kappa shape index (κ2) is 11.5. The van der Waals surface area contributed by atoms with Gasteiger partial charge >= 0.3 is 5.97 Å². The molecule has 0 amide bonds. The Balaban J connectivity index is 1.98. The molecule has 0 aliphatic heterocycles. The molecule has 0 aliphatic carbocycles. The van der Waals surface area contributed by atoms with E-state index in [1.54, 1.807) is 37.4 Å². The van der Waals surface area contributed by atoms with Crippen LogP contribution in [0, 0.1) is 17.0 Å². The van der Waals surface area contributed by atoms with Gasteiger partial charge in [0.25, 0.3) is 0 Å². The molecule has 0 radical (unpaired) electrons. The maximum Gasteiger partial charge on any atom is 0.303 e. The van der Waals surface area contributed by atoms with E-state index in [2.05, 4.69) is 0 Å². The maximum atomic E-state index is 14.9. The molecule has 0 spiro atoms. The first kappa shape index (κ1) is 27.1. The topological polar surface area (TPSA) is 65.0 Å². The van der Waals surface area contributed by atoms with Crippen LogP contribution in [0.2, 0.25) is 0 Å². The van der Waals surface area contributed by atoms with Crippen LogP contribution in [0.15, 0.2) is 54.6 Å². The number of hydrogen-bond acceptors (Lipinski definition) is 4. The lowest BCUT2D eigenvalue weighted by molar-refractivity contribution is -0.136. The van der Waals surface area contributed by atoms with E-state index in [1.165, 1.54) is 19.2 Å². The van der Waals surface area contributed by atoms with Gasteiger partial charge in [-0.25, -0.2) is 8.78 Å². The summed E-state index contributed by atoms with van der Waals surface area (Å²) in [6.45, 7) is 6.17. The average Bonchev–Trinajstić information content (AvgIpc) is 2.83. The Labute approximate surface area is 210 Å². The molecule has 5 nitrogen and oxygen atoms in total. The molecule has 0 bridgehead atoms. The van der Waals surface area contributed by atoms with Crippen LogP contribution >= 0.6 is 0 Å². The fraction of sp³-hybridized carbons (Fsp3) is 0.345. The Kier molecular flexibility index (Phi) is 8.69. The summed E-state index contributed by atoms with van der Waals surface area (Å²) in [7, 11) is 3.14. The first-order chi connectivity index (χ1) is 17.0. The van der Waals surface area contributed by atoms with Gasteiger partial charge in [0.1, 0.15) is 18.2 Å². The van der Waals surface area contributed by atoms with E-state index >= 15 is 0 Å². The molecule has 192 valence electrons. The van der Waals surface area contributed by atoms with E-state index in [4.69, 9.17) is 19.3 Å². The van der Waals surface area contributed by atoms with Gasteiger partial charge in [0.05, 0.1) is 13.2 Å². The lowest BCUT2D eigenvalue weighted by atomic mass is 9.81. The number of aliphatic carboxylic acids is 1. The number of ether oxygens (including phenoxy) is 3. The summed E-state index contributed by atoms with van der Waals surface area (Å²) in [6.07, 6.45) is -0.462. The van der Waals surface area contributed by atoms with E-state index in [-0.39, 0.29) is 48.1 Å². The molecule has 3 aromatic rings. The zero-order valence-electron chi connectivity index (χ0n) is 21.2. The van der Waals surface area contributed by atoms with Crippen LogP contribution in [-0.4, -0.2) is 25.3 Å². The van der Waals surface area contributed by atoms with Crippen LogP contribution in [0.3, 0.4) is 0 Å². The molecule has 36 heavy (non-hydrogen) atoms. The number of carboxylic acids is 1. The first-order valence-corrected chi connectivity index (χ1v) is 11.7. The molecule has 1 atom stereocenters. The molecule has 3 rings (SSSR count). The van der Waals surface area contributed by atoms with Crippen molar-refractivity contribution in [1.29, 1.82) is 0 Å². The number of rotatable bonds is 10. The monoisotopic (exact) mass is 498 g/mol. The number of halogens is 2. The Morgan fingerprint density at radius 1 is 1.00 bits per heavy atom. The third-order valence-corrected chi connectivity index (χ3v) is 5.93. The van der Waals surface area contributed by atoms with Crippen LogP contribution in [-0.2, 0) is 22.6 Å². The standard InChI is InChI=1S/C29H32F2O5/c1-29(2,3)28(35-5)23-15-18(9-12-21(23)22-16-20(34-4)11-13-24(22)30)17-36-25-8-6-7-19(27(25)31)10-14-26(32)33/h6-9,11-13,15-16,28H,10,14,17H2,1-5H3,(H,32,33). The lowest BCUT2D eigenvalue weighted by Gasteiger charge is -2.32. The van der Waals surface area contributed by atoms with Gasteiger partial charge in [-0.15, -0.1) is 0 Å². The minimum absolute atomic E-state index is 0.0430. The SMILES string of the molecule is COc1ccc(F)c(-c2ccc(COc3cccc(CCC(=O)O)c3F)cc2C(OC)C(C)(C)C)c1. The summed E-state index contributed by atoms with van der Waals surface area (Å²) >= 11 is 0. The summed E-state index contributed by atoms with van der Waals surface area (Å²) in [6, 6.07) is 14.8. The lowest BCUT2D eigenvalue weighted by Crippen LogP contribution is -2.21. The number of methoxy groups -OCH3 is 2. The molecular formula is C29H32F2O5. The summed E-state index contributed by atoms with van der Waals surface area (Å²) in [4.78, 5) is 10.9. The Morgan fingerprint density at radius 2 is 1.75 bits per heavy atom. The third-order valence-electron chi connectivity index (χ3n) is 5.93. The van der Waals surface area contributed by atoms with Gasteiger partial charge in [0.2, 0.25) is 0 Å². The summed E-state index contributed by atoms with van der Waals surface area (Å²) in [5, 5.41) is 8.89. The van der Waals surface area contributed by atoms with Crippen LogP contribution in [0.25, 0.3) is 11.1 Å². The summed E-state index contributed by atoms with van der Waals surface area (Å²) in [5.74, 6) is -1.37. The van der Waals surface area contributed by atoms with E-state index in [0.29, 0.717) is 16.9 Å². The minimum atomic E-state index is -0.993. The van der Waals surface area contributed by atoms with Gasteiger partial charge in [-0.3, -0.25) is 4.79 Å². The molecule has 0 fully saturated rings. The summed E-state index contributed by atoms with van der Waals surface area (Å²) < 4.78 is 46.7. The van der Waals surface area contributed by atoms with Crippen molar-refractivity contribution in [3.05, 3.63) is 82.9 Å². The average molecular weight is 499 g/mol. The zero-order valence-corrected chi connectivity index (χ0v) is 21.2. The number of carboxylic acid groups (broad SMARTS) is 1.